The van der Waals surface area contributed by atoms with E-state index >= 15 is 0 Å². The summed E-state index contributed by atoms with van der Waals surface area (Å²) in [4.78, 5) is 19.0. The number of carbonyl (C=O) groups is 1. The van der Waals surface area contributed by atoms with Crippen molar-refractivity contribution in [1.29, 1.82) is 0 Å². The monoisotopic (exact) mass is 472 g/mol. The molecule has 146 valence electrons. The summed E-state index contributed by atoms with van der Waals surface area (Å²) < 4.78 is 0. The Bertz CT molecular complexity index is 589. The zero-order valence-corrected chi connectivity index (χ0v) is 18.6. The van der Waals surface area contributed by atoms with Crippen LogP contribution in [0.4, 0.5) is 0 Å². The van der Waals surface area contributed by atoms with Crippen LogP contribution in [0.3, 0.4) is 0 Å². The van der Waals surface area contributed by atoms with Gasteiger partial charge in [0.05, 0.1) is 0 Å². The van der Waals surface area contributed by atoms with Crippen molar-refractivity contribution in [2.24, 2.45) is 10.9 Å². The predicted molar refractivity (Wildman–Crippen MR) is 119 cm³/mol. The minimum atomic E-state index is 0. The van der Waals surface area contributed by atoms with Gasteiger partial charge in [-0.2, -0.15) is 0 Å². The molecule has 0 unspecified atom stereocenters. The molecule has 1 amide bonds. The normalized spacial score (nSPS) is 13.8. The molecule has 0 bridgehead atoms. The maximum atomic E-state index is 12.4. The maximum absolute atomic E-state index is 12.4. The van der Waals surface area contributed by atoms with Crippen LogP contribution >= 0.6 is 24.0 Å². The molecule has 0 aliphatic carbocycles. The molecule has 6 heteroatoms. The molecule has 1 aromatic rings. The average molecular weight is 472 g/mol. The molecule has 5 nitrogen and oxygen atoms in total. The number of nitrogens with zero attached hydrogens (tertiary/aromatic N) is 2. The number of fused-ring (bicyclic) bond motifs is 1. The van der Waals surface area contributed by atoms with Crippen LogP contribution in [-0.2, 0) is 17.8 Å². The first kappa shape index (κ1) is 22.7. The number of guanidine groups is 1. The summed E-state index contributed by atoms with van der Waals surface area (Å²) >= 11 is 0. The van der Waals surface area contributed by atoms with E-state index < -0.39 is 0 Å². The molecule has 2 N–H and O–H groups in total. The number of nitrogens with one attached hydrogen (secondary N) is 2. The molecule has 1 aliphatic rings. The molecule has 0 aromatic heterocycles. The number of amides is 1. The summed E-state index contributed by atoms with van der Waals surface area (Å²) in [5.74, 6) is 1.63. The molecule has 0 radical (unpaired) electrons. The number of hydrogen-bond acceptors (Lipinski definition) is 2. The number of aliphatic imine (C=N–C) groups is 1. The van der Waals surface area contributed by atoms with E-state index in [1.165, 1.54) is 11.1 Å². The van der Waals surface area contributed by atoms with Gasteiger partial charge in [0.25, 0.3) is 0 Å². The van der Waals surface area contributed by atoms with Crippen LogP contribution in [-0.4, -0.2) is 42.9 Å². The molecule has 1 aromatic carbocycles. The van der Waals surface area contributed by atoms with Gasteiger partial charge in [-0.15, -0.1) is 24.0 Å². The second-order valence-corrected chi connectivity index (χ2v) is 6.98. The van der Waals surface area contributed by atoms with Crippen LogP contribution in [0.25, 0.3) is 0 Å². The molecule has 0 atom stereocenters. The van der Waals surface area contributed by atoms with Crippen molar-refractivity contribution in [3.8, 4) is 0 Å². The third-order valence-corrected chi connectivity index (χ3v) is 4.30. The first-order chi connectivity index (χ1) is 12.1. The van der Waals surface area contributed by atoms with Gasteiger partial charge in [0.1, 0.15) is 0 Å². The first-order valence-corrected chi connectivity index (χ1v) is 9.47. The highest BCUT2D eigenvalue weighted by molar-refractivity contribution is 14.0. The molecule has 1 aliphatic heterocycles. The second-order valence-electron chi connectivity index (χ2n) is 6.98. The van der Waals surface area contributed by atoms with E-state index in [2.05, 4.69) is 60.7 Å². The fourth-order valence-electron chi connectivity index (χ4n) is 2.93. The van der Waals surface area contributed by atoms with E-state index in [9.17, 15) is 4.79 Å². The van der Waals surface area contributed by atoms with Gasteiger partial charge in [-0.1, -0.05) is 38.1 Å². The van der Waals surface area contributed by atoms with Gasteiger partial charge >= 0.3 is 0 Å². The van der Waals surface area contributed by atoms with Gasteiger partial charge in [-0.05, 0) is 36.8 Å². The first-order valence-electron chi connectivity index (χ1n) is 9.47. The van der Waals surface area contributed by atoms with Crippen LogP contribution in [0, 0.1) is 5.92 Å². The molecule has 0 saturated heterocycles. The highest BCUT2D eigenvalue weighted by Crippen LogP contribution is 2.19. The van der Waals surface area contributed by atoms with E-state index in [0.717, 1.165) is 51.5 Å². The number of rotatable bonds is 7. The lowest BCUT2D eigenvalue weighted by molar-refractivity contribution is -0.132. The topological polar surface area (TPSA) is 56.7 Å². The largest absolute Gasteiger partial charge is 0.357 e. The third-order valence-electron chi connectivity index (χ3n) is 4.30. The Balaban J connectivity index is 0.00000338. The Labute approximate surface area is 175 Å². The Hall–Kier alpha value is -1.31. The van der Waals surface area contributed by atoms with E-state index in [4.69, 9.17) is 0 Å². The lowest BCUT2D eigenvalue weighted by Crippen LogP contribution is -2.39. The SMILES string of the molecule is CCNC(=NCC(C)C)NCCCC(=O)N1CCc2ccccc2C1.I. The summed E-state index contributed by atoms with van der Waals surface area (Å²) in [5, 5.41) is 6.56. The van der Waals surface area contributed by atoms with Crippen LogP contribution in [0.1, 0.15) is 44.7 Å². The van der Waals surface area contributed by atoms with Crippen molar-refractivity contribution >= 4 is 35.8 Å². The number of hydrogen-bond donors (Lipinski definition) is 2. The lowest BCUT2D eigenvalue weighted by atomic mass is 9.99. The summed E-state index contributed by atoms with van der Waals surface area (Å²) in [6.07, 6.45) is 2.37. The van der Waals surface area contributed by atoms with Gasteiger partial charge < -0.3 is 15.5 Å². The Morgan fingerprint density at radius 1 is 1.23 bits per heavy atom. The average Bonchev–Trinajstić information content (AvgIpc) is 2.62. The van der Waals surface area contributed by atoms with Crippen molar-refractivity contribution in [3.05, 3.63) is 35.4 Å². The van der Waals surface area contributed by atoms with Gasteiger partial charge in [0, 0.05) is 39.1 Å². The van der Waals surface area contributed by atoms with Crippen molar-refractivity contribution in [2.45, 2.75) is 46.6 Å². The maximum Gasteiger partial charge on any atom is 0.222 e. The minimum absolute atomic E-state index is 0. The third kappa shape index (κ3) is 7.51. The molecule has 0 spiro atoms. The van der Waals surface area contributed by atoms with Gasteiger partial charge in [0.15, 0.2) is 5.96 Å². The summed E-state index contributed by atoms with van der Waals surface area (Å²) in [5.41, 5.74) is 2.67. The fourth-order valence-corrected chi connectivity index (χ4v) is 2.93. The number of carbonyl (C=O) groups excluding carboxylic acids is 1. The van der Waals surface area contributed by atoms with Crippen LogP contribution in [0.15, 0.2) is 29.3 Å². The molecular formula is C20H33IN4O. The van der Waals surface area contributed by atoms with Gasteiger partial charge in [-0.3, -0.25) is 9.79 Å². The lowest BCUT2D eigenvalue weighted by Gasteiger charge is -2.29. The summed E-state index contributed by atoms with van der Waals surface area (Å²) in [6.45, 7) is 10.4. The zero-order valence-electron chi connectivity index (χ0n) is 16.3. The van der Waals surface area contributed by atoms with Crippen LogP contribution < -0.4 is 10.6 Å². The fraction of sp³-hybridized carbons (Fsp3) is 0.600. The zero-order chi connectivity index (χ0) is 18.1. The Kier molecular flexibility index (Phi) is 10.6. The smallest absolute Gasteiger partial charge is 0.222 e. The summed E-state index contributed by atoms with van der Waals surface area (Å²) in [6, 6.07) is 8.42. The van der Waals surface area contributed by atoms with Crippen molar-refractivity contribution < 1.29 is 4.79 Å². The summed E-state index contributed by atoms with van der Waals surface area (Å²) in [7, 11) is 0. The van der Waals surface area contributed by atoms with Crippen molar-refractivity contribution in [1.82, 2.24) is 15.5 Å². The van der Waals surface area contributed by atoms with Crippen molar-refractivity contribution in [2.75, 3.05) is 26.2 Å². The second kappa shape index (κ2) is 12.1. The highest BCUT2D eigenvalue weighted by atomic mass is 127. The Morgan fingerprint density at radius 2 is 1.96 bits per heavy atom. The van der Waals surface area contributed by atoms with E-state index in [1.807, 2.05) is 4.90 Å². The molecule has 2 rings (SSSR count). The van der Waals surface area contributed by atoms with Gasteiger partial charge in [-0.25, -0.2) is 0 Å². The molecule has 0 saturated carbocycles. The number of halogens is 1. The van der Waals surface area contributed by atoms with Crippen LogP contribution in [0.2, 0.25) is 0 Å². The quantitative estimate of drug-likeness (QED) is 0.278. The molecule has 1 heterocycles. The van der Waals surface area contributed by atoms with E-state index in [0.29, 0.717) is 12.3 Å². The van der Waals surface area contributed by atoms with Crippen LogP contribution in [0.5, 0.6) is 0 Å². The van der Waals surface area contributed by atoms with E-state index in [-0.39, 0.29) is 29.9 Å². The molecule has 0 fully saturated rings. The standard InChI is InChI=1S/C20H32N4O.HI/c1-4-21-20(23-14-16(2)3)22-12-7-10-19(25)24-13-11-17-8-5-6-9-18(17)15-24;/h5-6,8-9,16H,4,7,10-15H2,1-3H3,(H2,21,22,23);1H. The van der Waals surface area contributed by atoms with E-state index in [1.54, 1.807) is 0 Å². The Morgan fingerprint density at radius 3 is 2.65 bits per heavy atom. The minimum Gasteiger partial charge on any atom is -0.357 e. The molecular weight excluding hydrogens is 439 g/mol. The molecule has 26 heavy (non-hydrogen) atoms. The van der Waals surface area contributed by atoms with Gasteiger partial charge in [0.2, 0.25) is 5.91 Å². The highest BCUT2D eigenvalue weighted by Gasteiger charge is 2.19. The number of benzene rings is 1. The van der Waals surface area contributed by atoms with Crippen molar-refractivity contribution in [3.63, 3.8) is 0 Å². The predicted octanol–water partition coefficient (Wildman–Crippen LogP) is 3.18.